The smallest absolute Gasteiger partial charge is 0.256 e. The Kier molecular flexibility index (Phi) is 2.79. The van der Waals surface area contributed by atoms with Gasteiger partial charge in [-0.15, -0.1) is 0 Å². The number of methoxy groups -OCH3 is 1. The summed E-state index contributed by atoms with van der Waals surface area (Å²) in [6, 6.07) is 7.34. The standard InChI is InChI=1S/C12H10ClNO2/c1-7-11(16-2)10(12(13)15)8-5-3-4-6-9(8)14-7/h3-6H,1-2H3. The van der Waals surface area contributed by atoms with Crippen molar-refractivity contribution in [3.8, 4) is 5.75 Å². The normalized spacial score (nSPS) is 10.4. The fraction of sp³-hybridized carbons (Fsp3) is 0.167. The summed E-state index contributed by atoms with van der Waals surface area (Å²) in [5, 5.41) is 0.184. The first kappa shape index (κ1) is 10.9. The maximum Gasteiger partial charge on any atom is 0.256 e. The van der Waals surface area contributed by atoms with Crippen LogP contribution in [0.5, 0.6) is 5.75 Å². The van der Waals surface area contributed by atoms with Gasteiger partial charge in [0.25, 0.3) is 5.24 Å². The predicted molar refractivity (Wildman–Crippen MR) is 63.2 cm³/mol. The molecule has 4 heteroatoms. The van der Waals surface area contributed by atoms with Crippen LogP contribution in [0.4, 0.5) is 0 Å². The highest BCUT2D eigenvalue weighted by molar-refractivity contribution is 6.69. The van der Waals surface area contributed by atoms with Crippen molar-refractivity contribution in [2.24, 2.45) is 0 Å². The fourth-order valence-corrected chi connectivity index (χ4v) is 1.95. The third-order valence-corrected chi connectivity index (χ3v) is 2.61. The molecule has 2 rings (SSSR count). The van der Waals surface area contributed by atoms with Gasteiger partial charge < -0.3 is 4.74 Å². The van der Waals surface area contributed by atoms with Crippen molar-refractivity contribution in [3.63, 3.8) is 0 Å². The summed E-state index contributed by atoms with van der Waals surface area (Å²) in [5.74, 6) is 0.443. The highest BCUT2D eigenvalue weighted by Gasteiger charge is 2.17. The first-order valence-electron chi connectivity index (χ1n) is 4.78. The van der Waals surface area contributed by atoms with E-state index >= 15 is 0 Å². The minimum absolute atomic E-state index is 0.382. The Bertz CT molecular complexity index is 566. The van der Waals surface area contributed by atoms with Gasteiger partial charge in [-0.25, -0.2) is 4.98 Å². The molecule has 82 valence electrons. The summed E-state index contributed by atoms with van der Waals surface area (Å²) in [7, 11) is 1.50. The van der Waals surface area contributed by atoms with Gasteiger partial charge in [0, 0.05) is 5.39 Å². The van der Waals surface area contributed by atoms with Crippen molar-refractivity contribution in [1.82, 2.24) is 4.98 Å². The maximum atomic E-state index is 11.4. The van der Waals surface area contributed by atoms with Crippen LogP contribution >= 0.6 is 11.6 Å². The predicted octanol–water partition coefficient (Wildman–Crippen LogP) is 2.93. The monoisotopic (exact) mass is 235 g/mol. The van der Waals surface area contributed by atoms with E-state index in [0.29, 0.717) is 22.4 Å². The molecule has 0 aliphatic heterocycles. The van der Waals surface area contributed by atoms with Crippen molar-refractivity contribution in [3.05, 3.63) is 35.5 Å². The van der Waals surface area contributed by atoms with Crippen molar-refractivity contribution in [2.75, 3.05) is 7.11 Å². The van der Waals surface area contributed by atoms with Crippen molar-refractivity contribution in [1.29, 1.82) is 0 Å². The van der Waals surface area contributed by atoms with E-state index in [1.54, 1.807) is 13.0 Å². The van der Waals surface area contributed by atoms with Crippen LogP contribution in [0.3, 0.4) is 0 Å². The Morgan fingerprint density at radius 1 is 1.38 bits per heavy atom. The van der Waals surface area contributed by atoms with Gasteiger partial charge >= 0.3 is 0 Å². The zero-order valence-electron chi connectivity index (χ0n) is 8.95. The highest BCUT2D eigenvalue weighted by Crippen LogP contribution is 2.30. The quantitative estimate of drug-likeness (QED) is 0.752. The SMILES string of the molecule is COc1c(C)nc2ccccc2c1C(=O)Cl. The number of hydrogen-bond donors (Lipinski definition) is 0. The first-order valence-corrected chi connectivity index (χ1v) is 5.16. The number of aromatic nitrogens is 1. The summed E-state index contributed by atoms with van der Waals surface area (Å²) in [6.45, 7) is 1.79. The van der Waals surface area contributed by atoms with Crippen LogP contribution in [0.25, 0.3) is 10.9 Å². The second-order valence-corrected chi connectivity index (χ2v) is 3.74. The van der Waals surface area contributed by atoms with Gasteiger partial charge in [-0.05, 0) is 24.6 Å². The molecule has 0 saturated carbocycles. The summed E-state index contributed by atoms with van der Waals surface area (Å²) < 4.78 is 5.18. The van der Waals surface area contributed by atoms with Crippen LogP contribution < -0.4 is 4.74 Å². The zero-order valence-corrected chi connectivity index (χ0v) is 9.71. The average Bonchev–Trinajstić information content (AvgIpc) is 2.26. The lowest BCUT2D eigenvalue weighted by molar-refractivity contribution is 0.108. The molecular formula is C12H10ClNO2. The molecule has 2 aromatic rings. The van der Waals surface area contributed by atoms with Gasteiger partial charge in [-0.1, -0.05) is 18.2 Å². The Labute approximate surface area is 98.0 Å². The number of rotatable bonds is 2. The maximum absolute atomic E-state index is 11.4. The minimum atomic E-state index is -0.529. The molecule has 3 nitrogen and oxygen atoms in total. The molecule has 0 atom stereocenters. The van der Waals surface area contributed by atoms with E-state index in [0.717, 1.165) is 5.52 Å². The molecule has 1 aromatic carbocycles. The van der Waals surface area contributed by atoms with Gasteiger partial charge in [0.15, 0.2) is 5.75 Å². The van der Waals surface area contributed by atoms with Gasteiger partial charge in [0.1, 0.15) is 0 Å². The Morgan fingerprint density at radius 3 is 2.69 bits per heavy atom. The summed E-state index contributed by atoms with van der Waals surface area (Å²) in [4.78, 5) is 15.8. The minimum Gasteiger partial charge on any atom is -0.494 e. The topological polar surface area (TPSA) is 39.2 Å². The number of para-hydroxylation sites is 1. The zero-order chi connectivity index (χ0) is 11.7. The second-order valence-electron chi connectivity index (χ2n) is 3.40. The lowest BCUT2D eigenvalue weighted by atomic mass is 10.1. The molecule has 0 bridgehead atoms. The number of nitrogens with zero attached hydrogens (tertiary/aromatic N) is 1. The third kappa shape index (κ3) is 1.63. The fourth-order valence-electron chi connectivity index (χ4n) is 1.76. The molecule has 0 N–H and O–H groups in total. The molecule has 0 saturated heterocycles. The first-order chi connectivity index (χ1) is 7.65. The molecule has 16 heavy (non-hydrogen) atoms. The molecule has 0 fully saturated rings. The number of ether oxygens (including phenoxy) is 1. The van der Waals surface area contributed by atoms with Crippen LogP contribution in [0.15, 0.2) is 24.3 Å². The number of benzene rings is 1. The largest absolute Gasteiger partial charge is 0.494 e. The van der Waals surface area contributed by atoms with Gasteiger partial charge in [-0.2, -0.15) is 0 Å². The van der Waals surface area contributed by atoms with E-state index in [4.69, 9.17) is 16.3 Å². The average molecular weight is 236 g/mol. The molecule has 0 aliphatic rings. The van der Waals surface area contributed by atoms with Crippen LogP contribution in [-0.4, -0.2) is 17.3 Å². The number of pyridine rings is 1. The molecular weight excluding hydrogens is 226 g/mol. The summed E-state index contributed by atoms with van der Waals surface area (Å²) in [6.07, 6.45) is 0. The van der Waals surface area contributed by atoms with Crippen LogP contribution in [0.1, 0.15) is 16.1 Å². The van der Waals surface area contributed by atoms with Crippen molar-refractivity contribution >= 4 is 27.7 Å². The highest BCUT2D eigenvalue weighted by atomic mass is 35.5. The lowest BCUT2D eigenvalue weighted by Crippen LogP contribution is -2.01. The van der Waals surface area contributed by atoms with E-state index in [9.17, 15) is 4.79 Å². The van der Waals surface area contributed by atoms with Crippen LogP contribution in [-0.2, 0) is 0 Å². The molecule has 0 aliphatic carbocycles. The second kappa shape index (κ2) is 4.10. The van der Waals surface area contributed by atoms with E-state index in [1.807, 2.05) is 18.2 Å². The summed E-state index contributed by atoms with van der Waals surface area (Å²) in [5.41, 5.74) is 1.78. The number of fused-ring (bicyclic) bond motifs is 1. The lowest BCUT2D eigenvalue weighted by Gasteiger charge is -2.10. The molecule has 0 spiro atoms. The van der Waals surface area contributed by atoms with E-state index in [-0.39, 0.29) is 0 Å². The van der Waals surface area contributed by atoms with Gasteiger partial charge in [0.05, 0.1) is 23.9 Å². The molecule has 1 aromatic heterocycles. The van der Waals surface area contributed by atoms with Crippen LogP contribution in [0, 0.1) is 6.92 Å². The number of carbonyl (C=O) groups is 1. The Morgan fingerprint density at radius 2 is 2.06 bits per heavy atom. The number of hydrogen-bond acceptors (Lipinski definition) is 3. The van der Waals surface area contributed by atoms with E-state index < -0.39 is 5.24 Å². The van der Waals surface area contributed by atoms with Crippen molar-refractivity contribution < 1.29 is 9.53 Å². The number of carbonyl (C=O) groups excluding carboxylic acids is 1. The third-order valence-electron chi connectivity index (χ3n) is 2.42. The molecule has 1 heterocycles. The van der Waals surface area contributed by atoms with Gasteiger partial charge in [-0.3, -0.25) is 4.79 Å². The Balaban J connectivity index is 2.93. The number of aryl methyl sites for hydroxylation is 1. The molecule has 0 amide bonds. The molecule has 0 radical (unpaired) electrons. The molecule has 0 unspecified atom stereocenters. The van der Waals surface area contributed by atoms with E-state index in [2.05, 4.69) is 4.98 Å². The van der Waals surface area contributed by atoms with Gasteiger partial charge in [0.2, 0.25) is 0 Å². The summed E-state index contributed by atoms with van der Waals surface area (Å²) >= 11 is 5.59. The van der Waals surface area contributed by atoms with E-state index in [1.165, 1.54) is 7.11 Å². The van der Waals surface area contributed by atoms with Crippen molar-refractivity contribution in [2.45, 2.75) is 6.92 Å². The van der Waals surface area contributed by atoms with Crippen LogP contribution in [0.2, 0.25) is 0 Å². The number of halogens is 1. The Hall–Kier alpha value is -1.61.